The fraction of sp³-hybridized carbons (Fsp3) is 0.462. The molecule has 0 aliphatic rings. The number of carboxylic acids is 1. The van der Waals surface area contributed by atoms with Gasteiger partial charge in [0.1, 0.15) is 0 Å². The van der Waals surface area contributed by atoms with Gasteiger partial charge in [-0.15, -0.1) is 0 Å². The first-order valence-electron chi connectivity index (χ1n) is 6.07. The highest BCUT2D eigenvalue weighted by molar-refractivity contribution is 9.10. The van der Waals surface area contributed by atoms with Gasteiger partial charge in [0.25, 0.3) is 0 Å². The molecule has 118 valence electrons. The highest BCUT2D eigenvalue weighted by atomic mass is 79.9. The number of hydrogen-bond donors (Lipinski definition) is 3. The first-order chi connectivity index (χ1) is 9.28. The van der Waals surface area contributed by atoms with Crippen LogP contribution in [0.3, 0.4) is 0 Å². The zero-order valence-electron chi connectivity index (χ0n) is 12.1. The Morgan fingerprint density at radius 3 is 2.19 bits per heavy atom. The molecule has 0 heterocycles. The van der Waals surface area contributed by atoms with Crippen LogP contribution in [0.15, 0.2) is 27.6 Å². The van der Waals surface area contributed by atoms with Crippen LogP contribution in [0.2, 0.25) is 0 Å². The van der Waals surface area contributed by atoms with Crippen molar-refractivity contribution in [1.29, 1.82) is 0 Å². The monoisotopic (exact) mass is 379 g/mol. The van der Waals surface area contributed by atoms with E-state index in [4.69, 9.17) is 5.11 Å². The summed E-state index contributed by atoms with van der Waals surface area (Å²) in [6.07, 6.45) is 0. The molecule has 21 heavy (non-hydrogen) atoms. The maximum atomic E-state index is 12.4. The van der Waals surface area contributed by atoms with Crippen LogP contribution < -0.4 is 4.72 Å². The fourth-order valence-electron chi connectivity index (χ4n) is 1.36. The Morgan fingerprint density at radius 1 is 1.24 bits per heavy atom. The number of aromatic carboxylic acids is 1. The largest absolute Gasteiger partial charge is 0.478 e. The highest BCUT2D eigenvalue weighted by Gasteiger charge is 2.39. The van der Waals surface area contributed by atoms with Gasteiger partial charge in [-0.3, -0.25) is 0 Å². The van der Waals surface area contributed by atoms with E-state index >= 15 is 0 Å². The Morgan fingerprint density at radius 2 is 1.76 bits per heavy atom. The molecule has 3 N–H and O–H groups in total. The summed E-state index contributed by atoms with van der Waals surface area (Å²) in [5.74, 6) is -1.24. The van der Waals surface area contributed by atoms with Crippen LogP contribution in [-0.4, -0.2) is 35.7 Å². The van der Waals surface area contributed by atoms with Gasteiger partial charge in [-0.05, 0) is 61.8 Å². The van der Waals surface area contributed by atoms with Crippen LogP contribution in [0.1, 0.15) is 38.1 Å². The molecule has 1 rings (SSSR count). The second-order valence-corrected chi connectivity index (χ2v) is 8.27. The summed E-state index contributed by atoms with van der Waals surface area (Å²) >= 11 is 3.05. The average molecular weight is 380 g/mol. The summed E-state index contributed by atoms with van der Waals surface area (Å²) in [5, 5.41) is 19.0. The van der Waals surface area contributed by atoms with Gasteiger partial charge in [0.15, 0.2) is 0 Å². The van der Waals surface area contributed by atoms with Crippen molar-refractivity contribution in [2.24, 2.45) is 0 Å². The van der Waals surface area contributed by atoms with E-state index in [2.05, 4.69) is 20.7 Å². The summed E-state index contributed by atoms with van der Waals surface area (Å²) in [5.41, 5.74) is -2.59. The second kappa shape index (κ2) is 5.68. The number of aliphatic hydroxyl groups is 1. The number of sulfonamides is 1. The van der Waals surface area contributed by atoms with Gasteiger partial charge in [0.05, 0.1) is 21.6 Å². The van der Waals surface area contributed by atoms with Crippen LogP contribution >= 0.6 is 15.9 Å². The quantitative estimate of drug-likeness (QED) is 0.725. The van der Waals surface area contributed by atoms with E-state index in [1.807, 2.05) is 0 Å². The number of carbonyl (C=O) groups is 1. The van der Waals surface area contributed by atoms with Gasteiger partial charge in [0.2, 0.25) is 10.0 Å². The zero-order valence-corrected chi connectivity index (χ0v) is 14.5. The zero-order chi connectivity index (χ0) is 16.6. The van der Waals surface area contributed by atoms with Crippen molar-refractivity contribution in [1.82, 2.24) is 4.72 Å². The molecule has 0 unspecified atom stereocenters. The molecule has 0 radical (unpaired) electrons. The lowest BCUT2D eigenvalue weighted by Crippen LogP contribution is -2.57. The van der Waals surface area contributed by atoms with E-state index in [1.54, 1.807) is 13.8 Å². The van der Waals surface area contributed by atoms with E-state index in [1.165, 1.54) is 26.0 Å². The van der Waals surface area contributed by atoms with Crippen molar-refractivity contribution in [2.75, 3.05) is 0 Å². The van der Waals surface area contributed by atoms with E-state index in [-0.39, 0.29) is 14.9 Å². The maximum absolute atomic E-state index is 12.4. The topological polar surface area (TPSA) is 104 Å². The van der Waals surface area contributed by atoms with E-state index in [0.717, 1.165) is 6.07 Å². The number of halogens is 1. The van der Waals surface area contributed by atoms with Crippen LogP contribution in [0.25, 0.3) is 0 Å². The lowest BCUT2D eigenvalue weighted by molar-refractivity contribution is 0.00638. The smallest absolute Gasteiger partial charge is 0.336 e. The molecule has 0 bridgehead atoms. The third-order valence-electron chi connectivity index (χ3n) is 3.40. The number of benzene rings is 1. The first-order valence-corrected chi connectivity index (χ1v) is 8.35. The van der Waals surface area contributed by atoms with Crippen LogP contribution in [-0.2, 0) is 10.0 Å². The Bertz CT molecular complexity index is 662. The van der Waals surface area contributed by atoms with Gasteiger partial charge in [-0.2, -0.15) is 0 Å². The molecule has 1 aromatic carbocycles. The molecule has 0 saturated heterocycles. The lowest BCUT2D eigenvalue weighted by atomic mass is 9.87. The van der Waals surface area contributed by atoms with Crippen molar-refractivity contribution >= 4 is 31.9 Å². The summed E-state index contributed by atoms with van der Waals surface area (Å²) in [4.78, 5) is 10.9. The van der Waals surface area contributed by atoms with Crippen LogP contribution in [0.5, 0.6) is 0 Å². The Balaban J connectivity index is 3.27. The number of carboxylic acid groups (broad SMARTS) is 1. The predicted octanol–water partition coefficient (Wildman–Crippen LogP) is 1.98. The number of rotatable bonds is 5. The van der Waals surface area contributed by atoms with Gasteiger partial charge in [-0.25, -0.2) is 17.9 Å². The first kappa shape index (κ1) is 18.1. The molecule has 0 aromatic heterocycles. The summed E-state index contributed by atoms with van der Waals surface area (Å²) in [6.45, 7) is 6.06. The molecule has 0 aliphatic carbocycles. The van der Waals surface area contributed by atoms with Gasteiger partial charge in [-0.1, -0.05) is 0 Å². The lowest BCUT2D eigenvalue weighted by Gasteiger charge is -2.37. The normalized spacial score (nSPS) is 13.2. The molecule has 6 nitrogen and oxygen atoms in total. The Labute approximate surface area is 132 Å². The van der Waals surface area contributed by atoms with Gasteiger partial charge < -0.3 is 10.2 Å². The minimum atomic E-state index is -3.97. The summed E-state index contributed by atoms with van der Waals surface area (Å²) in [7, 11) is -3.97. The van der Waals surface area contributed by atoms with Crippen molar-refractivity contribution in [2.45, 2.75) is 43.7 Å². The summed E-state index contributed by atoms with van der Waals surface area (Å²) < 4.78 is 27.4. The molecule has 0 aliphatic heterocycles. The van der Waals surface area contributed by atoms with Crippen LogP contribution in [0, 0.1) is 0 Å². The SMILES string of the molecule is CC(C)(O)C(C)(C)NS(=O)(=O)c1ccc(Br)c(C(=O)O)c1. The minimum absolute atomic E-state index is 0.154. The molecule has 0 amide bonds. The molecular weight excluding hydrogens is 362 g/mol. The second-order valence-electron chi connectivity index (χ2n) is 5.74. The van der Waals surface area contributed by atoms with E-state index in [0.29, 0.717) is 0 Å². The Kier molecular flexibility index (Phi) is 4.89. The van der Waals surface area contributed by atoms with Gasteiger partial charge >= 0.3 is 5.97 Å². The molecule has 0 spiro atoms. The minimum Gasteiger partial charge on any atom is -0.478 e. The molecule has 8 heteroatoms. The maximum Gasteiger partial charge on any atom is 0.336 e. The average Bonchev–Trinajstić information content (AvgIpc) is 2.25. The van der Waals surface area contributed by atoms with E-state index in [9.17, 15) is 18.3 Å². The predicted molar refractivity (Wildman–Crippen MR) is 81.8 cm³/mol. The third-order valence-corrected chi connectivity index (χ3v) is 5.74. The van der Waals surface area contributed by atoms with Crippen molar-refractivity contribution in [3.05, 3.63) is 28.2 Å². The molecule has 1 aromatic rings. The number of hydrogen-bond acceptors (Lipinski definition) is 4. The molecule has 0 fully saturated rings. The molecule has 0 saturated carbocycles. The molecule has 0 atom stereocenters. The Hall–Kier alpha value is -0.960. The van der Waals surface area contributed by atoms with Gasteiger partial charge in [0, 0.05) is 4.47 Å². The molecular formula is C13H18BrNO5S. The van der Waals surface area contributed by atoms with Crippen molar-refractivity contribution < 1.29 is 23.4 Å². The van der Waals surface area contributed by atoms with Crippen LogP contribution in [0.4, 0.5) is 0 Å². The van der Waals surface area contributed by atoms with Crippen molar-refractivity contribution in [3.63, 3.8) is 0 Å². The number of nitrogens with one attached hydrogen (secondary N) is 1. The van der Waals surface area contributed by atoms with E-state index < -0.39 is 27.1 Å². The highest BCUT2D eigenvalue weighted by Crippen LogP contribution is 2.25. The fourth-order valence-corrected chi connectivity index (χ4v) is 3.33. The summed E-state index contributed by atoms with van der Waals surface area (Å²) in [6, 6.07) is 3.71. The third kappa shape index (κ3) is 4.03. The van der Waals surface area contributed by atoms with Crippen molar-refractivity contribution in [3.8, 4) is 0 Å². The standard InChI is InChI=1S/C13H18BrNO5S/c1-12(2,13(3,4)18)15-21(19,20)8-5-6-10(14)9(7-8)11(16)17/h5-7,15,18H,1-4H3,(H,16,17).